The van der Waals surface area contributed by atoms with Gasteiger partial charge in [-0.05, 0) is 12.8 Å². The molecule has 1 N–H and O–H groups in total. The van der Waals surface area contributed by atoms with Crippen LogP contribution in [0.1, 0.15) is 19.1 Å². The number of ether oxygens (including phenoxy) is 1. The van der Waals surface area contributed by atoms with E-state index in [0.29, 0.717) is 0 Å². The van der Waals surface area contributed by atoms with Crippen LogP contribution in [0.25, 0.3) is 0 Å². The highest BCUT2D eigenvalue weighted by Gasteiger charge is 2.26. The summed E-state index contributed by atoms with van der Waals surface area (Å²) in [4.78, 5) is 20.9. The fourth-order valence-electron chi connectivity index (χ4n) is 1.63. The van der Waals surface area contributed by atoms with Gasteiger partial charge in [0.2, 0.25) is 0 Å². The van der Waals surface area contributed by atoms with Crippen LogP contribution in [0.3, 0.4) is 0 Å². The molecule has 2 heterocycles. The highest BCUT2D eigenvalue weighted by atomic mass is 16.5. The molecular weight excluding hydrogens is 186 g/mol. The molecule has 0 bridgehead atoms. The van der Waals surface area contributed by atoms with Crippen molar-refractivity contribution in [2.45, 2.75) is 25.2 Å². The summed E-state index contributed by atoms with van der Waals surface area (Å²) in [6.45, 7) is 0.183. The molecule has 2 atom stereocenters. The van der Waals surface area contributed by atoms with Gasteiger partial charge in [0.25, 0.3) is 5.56 Å². The quantitative estimate of drug-likeness (QED) is 0.721. The number of nitroso groups, excluding NO2 is 1. The van der Waals surface area contributed by atoms with Crippen LogP contribution < -0.4 is 5.56 Å². The van der Waals surface area contributed by atoms with Gasteiger partial charge in [-0.2, -0.15) is 4.91 Å². The first kappa shape index (κ1) is 9.14. The summed E-state index contributed by atoms with van der Waals surface area (Å²) >= 11 is 0. The zero-order chi connectivity index (χ0) is 9.97. The van der Waals surface area contributed by atoms with Crippen molar-refractivity contribution >= 4 is 0 Å². The summed E-state index contributed by atoms with van der Waals surface area (Å²) in [5.74, 6) is 0. The molecule has 1 unspecified atom stereocenters. The van der Waals surface area contributed by atoms with Gasteiger partial charge in [0.15, 0.2) is 0 Å². The minimum absolute atomic E-state index is 0.108. The Kier molecular flexibility index (Phi) is 2.45. The molecule has 0 saturated carbocycles. The molecule has 1 aliphatic heterocycles. The molecule has 0 amide bonds. The van der Waals surface area contributed by atoms with Gasteiger partial charge in [0, 0.05) is 12.3 Å². The smallest absolute Gasteiger partial charge is 0.264 e. The van der Waals surface area contributed by atoms with E-state index in [1.54, 1.807) is 10.9 Å². The molecule has 1 aromatic heterocycles. The molecule has 0 spiro atoms. The lowest BCUT2D eigenvalue weighted by molar-refractivity contribution is -0.00108. The maximum absolute atomic E-state index is 10.9. The minimum atomic E-state index is -0.163. The second-order valence-electron chi connectivity index (χ2n) is 3.30. The number of hydrogen-bond acceptors (Lipinski definition) is 4. The van der Waals surface area contributed by atoms with E-state index in [1.165, 1.54) is 6.07 Å². The van der Waals surface area contributed by atoms with Crippen LogP contribution in [0, 0.1) is 4.91 Å². The van der Waals surface area contributed by atoms with Gasteiger partial charge in [-0.3, -0.25) is 14.6 Å². The Labute approximate surface area is 79.8 Å². The highest BCUT2D eigenvalue weighted by Crippen LogP contribution is 2.26. The first-order valence-electron chi connectivity index (χ1n) is 4.51. The monoisotopic (exact) mass is 197 g/mol. The summed E-state index contributed by atoms with van der Waals surface area (Å²) in [5.41, 5.74) is -0.148. The van der Waals surface area contributed by atoms with Crippen LogP contribution in [0.5, 0.6) is 0 Å². The Bertz CT molecular complexity index is 370. The lowest BCUT2D eigenvalue weighted by Gasteiger charge is -2.12. The Balaban J connectivity index is 2.02. The molecule has 2 rings (SSSR count). The third-order valence-corrected chi connectivity index (χ3v) is 2.30. The first-order valence-corrected chi connectivity index (χ1v) is 4.51. The molecule has 6 nitrogen and oxygen atoms in total. The lowest BCUT2D eigenvalue weighted by atomic mass is 10.2. The van der Waals surface area contributed by atoms with Crippen LogP contribution >= 0.6 is 0 Å². The van der Waals surface area contributed by atoms with E-state index in [2.05, 4.69) is 10.3 Å². The molecule has 6 heteroatoms. The van der Waals surface area contributed by atoms with Crippen molar-refractivity contribution in [2.24, 2.45) is 5.18 Å². The summed E-state index contributed by atoms with van der Waals surface area (Å²) in [5, 5.41) is 5.40. The molecule has 1 saturated heterocycles. The van der Waals surface area contributed by atoms with Gasteiger partial charge in [-0.1, -0.05) is 5.18 Å². The number of hydrogen-bond donors (Lipinski definition) is 1. The predicted octanol–water partition coefficient (Wildman–Crippen LogP) is 0.620. The van der Waals surface area contributed by atoms with Crippen molar-refractivity contribution < 1.29 is 4.74 Å². The van der Waals surface area contributed by atoms with E-state index in [4.69, 9.17) is 4.74 Å². The van der Waals surface area contributed by atoms with Crippen molar-refractivity contribution in [3.05, 3.63) is 27.5 Å². The van der Waals surface area contributed by atoms with Crippen molar-refractivity contribution in [2.75, 3.05) is 6.54 Å². The number of rotatable bonds is 3. The molecule has 1 aliphatic rings. The zero-order valence-corrected chi connectivity index (χ0v) is 7.55. The second-order valence-corrected chi connectivity index (χ2v) is 3.30. The average Bonchev–Trinajstić information content (AvgIpc) is 2.74. The number of H-pyrrole nitrogens is 1. The topological polar surface area (TPSA) is 76.5 Å². The van der Waals surface area contributed by atoms with Crippen LogP contribution in [-0.4, -0.2) is 22.4 Å². The van der Waals surface area contributed by atoms with Crippen molar-refractivity contribution in [3.63, 3.8) is 0 Å². The molecule has 0 aromatic carbocycles. The number of aromatic amines is 1. The first-order chi connectivity index (χ1) is 6.79. The summed E-state index contributed by atoms with van der Waals surface area (Å²) in [7, 11) is 0. The number of nitrogens with one attached hydrogen (secondary N) is 1. The second kappa shape index (κ2) is 3.75. The molecule has 1 aromatic rings. The van der Waals surface area contributed by atoms with Gasteiger partial charge in [0.05, 0.1) is 6.10 Å². The molecule has 0 radical (unpaired) electrons. The lowest BCUT2D eigenvalue weighted by Crippen LogP contribution is -2.15. The van der Waals surface area contributed by atoms with Gasteiger partial charge in [-0.25, -0.2) is 0 Å². The minimum Gasteiger partial charge on any atom is -0.351 e. The molecule has 76 valence electrons. The maximum atomic E-state index is 10.9. The van der Waals surface area contributed by atoms with Gasteiger partial charge in [0.1, 0.15) is 12.8 Å². The van der Waals surface area contributed by atoms with E-state index in [0.717, 1.165) is 12.8 Å². The van der Waals surface area contributed by atoms with Gasteiger partial charge >= 0.3 is 0 Å². The van der Waals surface area contributed by atoms with Crippen LogP contribution in [0.15, 0.2) is 22.2 Å². The summed E-state index contributed by atoms with van der Waals surface area (Å²) in [6, 6.07) is 1.44. The normalized spacial score (nSPS) is 26.6. The Morgan fingerprint density at radius 3 is 3.14 bits per heavy atom. The predicted molar refractivity (Wildman–Crippen MR) is 48.9 cm³/mol. The van der Waals surface area contributed by atoms with Crippen LogP contribution in [0.2, 0.25) is 0 Å². The molecule has 1 fully saturated rings. The average molecular weight is 197 g/mol. The zero-order valence-electron chi connectivity index (χ0n) is 7.55. The maximum Gasteiger partial charge on any atom is 0.264 e. The van der Waals surface area contributed by atoms with Gasteiger partial charge < -0.3 is 4.74 Å². The SMILES string of the molecule is O=NC[C@@H]1CCC(n2ccc(=O)[nH]2)O1. The third kappa shape index (κ3) is 1.74. The molecular formula is C8H11N3O3. The largest absolute Gasteiger partial charge is 0.351 e. The van der Waals surface area contributed by atoms with E-state index >= 15 is 0 Å². The Morgan fingerprint density at radius 1 is 1.64 bits per heavy atom. The highest BCUT2D eigenvalue weighted by molar-refractivity contribution is 4.83. The molecule has 14 heavy (non-hydrogen) atoms. The van der Waals surface area contributed by atoms with E-state index in [1.807, 2.05) is 0 Å². The van der Waals surface area contributed by atoms with E-state index in [9.17, 15) is 9.70 Å². The van der Waals surface area contributed by atoms with Crippen LogP contribution in [-0.2, 0) is 4.74 Å². The van der Waals surface area contributed by atoms with E-state index in [-0.39, 0.29) is 24.4 Å². The van der Waals surface area contributed by atoms with Crippen molar-refractivity contribution in [1.29, 1.82) is 0 Å². The van der Waals surface area contributed by atoms with E-state index < -0.39 is 0 Å². The molecule has 0 aliphatic carbocycles. The van der Waals surface area contributed by atoms with Gasteiger partial charge in [-0.15, -0.1) is 0 Å². The fraction of sp³-hybridized carbons (Fsp3) is 0.625. The van der Waals surface area contributed by atoms with Crippen LogP contribution in [0.4, 0.5) is 0 Å². The number of aromatic nitrogens is 2. The number of nitrogens with zero attached hydrogens (tertiary/aromatic N) is 2. The Morgan fingerprint density at radius 2 is 2.50 bits per heavy atom. The summed E-state index contributed by atoms with van der Waals surface area (Å²) < 4.78 is 7.12. The van der Waals surface area contributed by atoms with Crippen molar-refractivity contribution in [3.8, 4) is 0 Å². The third-order valence-electron chi connectivity index (χ3n) is 2.30. The van der Waals surface area contributed by atoms with Crippen molar-refractivity contribution in [1.82, 2.24) is 9.78 Å². The fourth-order valence-corrected chi connectivity index (χ4v) is 1.63. The standard InChI is InChI=1S/C8H11N3O3/c12-7-3-4-11(10-7)8-2-1-6(14-8)5-9-13/h3-4,6,8H,1-2,5H2,(H,10,12)/t6-,8?/m0/s1. The summed E-state index contributed by atoms with van der Waals surface area (Å²) in [6.07, 6.45) is 2.97. The Hall–Kier alpha value is -1.43.